The molecule has 3 N–H and O–H groups in total. The minimum absolute atomic E-state index is 0.383. The van der Waals surface area contributed by atoms with Gasteiger partial charge in [0, 0.05) is 43.0 Å². The Morgan fingerprint density at radius 3 is 2.64 bits per heavy atom. The summed E-state index contributed by atoms with van der Waals surface area (Å²) in [6, 6.07) is 13.5. The lowest BCUT2D eigenvalue weighted by molar-refractivity contribution is 0.147. The molecule has 3 rings (SSSR count). The van der Waals surface area contributed by atoms with Crippen LogP contribution in [0, 0.1) is 0 Å². The normalized spacial score (nSPS) is 10.8. The van der Waals surface area contributed by atoms with Crippen molar-refractivity contribution in [2.45, 2.75) is 4.90 Å². The van der Waals surface area contributed by atoms with Crippen LogP contribution in [0.3, 0.4) is 0 Å². The van der Waals surface area contributed by atoms with Crippen LogP contribution < -0.4 is 26.2 Å². The summed E-state index contributed by atoms with van der Waals surface area (Å²) in [6.45, 7) is 2.64. The van der Waals surface area contributed by atoms with E-state index in [0.29, 0.717) is 36.2 Å². The molecule has 0 aliphatic rings. The maximum Gasteiger partial charge on any atom is 0.229 e. The van der Waals surface area contributed by atoms with Gasteiger partial charge in [0.2, 0.25) is 5.95 Å². The van der Waals surface area contributed by atoms with Gasteiger partial charge in [0.15, 0.2) is 0 Å². The zero-order chi connectivity index (χ0) is 23.6. The van der Waals surface area contributed by atoms with E-state index in [9.17, 15) is 0 Å². The maximum atomic E-state index is 6.09. The molecule has 2 radical (unpaired) electrons. The van der Waals surface area contributed by atoms with Gasteiger partial charge in [-0.05, 0) is 43.8 Å². The van der Waals surface area contributed by atoms with E-state index in [1.54, 1.807) is 13.3 Å². The van der Waals surface area contributed by atoms with E-state index in [4.69, 9.17) is 17.3 Å². The average Bonchev–Trinajstić information content (AvgIpc) is 2.79. The van der Waals surface area contributed by atoms with Crippen molar-refractivity contribution >= 4 is 54.8 Å². The second-order valence-electron chi connectivity index (χ2n) is 7.55. The first-order chi connectivity index (χ1) is 16.0. The molecule has 0 unspecified atom stereocenters. The molecule has 1 heterocycles. The predicted octanol–water partition coefficient (Wildman–Crippen LogP) is 3.05. The first-order valence-electron chi connectivity index (χ1n) is 10.5. The molecule has 3 aromatic rings. The standard InChI is InChI=1S/C23H29BN6O2S/c1-30(2)11-10-25-16-8-9-18(20(14-16)32-13-12-31-3)28-23-26-15-17(24)22(29-23)27-19-6-4-5-7-21(19)33/h4-9,14-15,25,33H,10-13H2,1-3H3,(H2,26,27,28,29). The molecule has 0 saturated heterocycles. The molecule has 0 spiro atoms. The van der Waals surface area contributed by atoms with Crippen molar-refractivity contribution in [3.8, 4) is 5.75 Å². The summed E-state index contributed by atoms with van der Waals surface area (Å²) in [4.78, 5) is 11.8. The summed E-state index contributed by atoms with van der Waals surface area (Å²) in [5.74, 6) is 1.53. The minimum Gasteiger partial charge on any atom is -0.489 e. The maximum absolute atomic E-state index is 6.09. The van der Waals surface area contributed by atoms with Crippen LogP contribution >= 0.6 is 12.6 Å². The molecular weight excluding hydrogens is 435 g/mol. The lowest BCUT2D eigenvalue weighted by Crippen LogP contribution is -2.20. The Kier molecular flexibility index (Phi) is 9.23. The smallest absolute Gasteiger partial charge is 0.229 e. The van der Waals surface area contributed by atoms with Gasteiger partial charge in [0.1, 0.15) is 26.0 Å². The zero-order valence-electron chi connectivity index (χ0n) is 19.1. The molecule has 0 aliphatic heterocycles. The quantitative estimate of drug-likeness (QED) is 0.185. The highest BCUT2D eigenvalue weighted by Crippen LogP contribution is 2.30. The fourth-order valence-electron chi connectivity index (χ4n) is 2.89. The van der Waals surface area contributed by atoms with Crippen LogP contribution in [0.15, 0.2) is 53.6 Å². The van der Waals surface area contributed by atoms with Gasteiger partial charge in [-0.3, -0.25) is 0 Å². The first kappa shape index (κ1) is 24.7. The molecule has 1 aromatic heterocycles. The summed E-state index contributed by atoms with van der Waals surface area (Å²) < 4.78 is 11.1. The summed E-state index contributed by atoms with van der Waals surface area (Å²) in [5, 5.41) is 9.84. The monoisotopic (exact) mass is 464 g/mol. The molecule has 0 aliphatic carbocycles. The summed E-state index contributed by atoms with van der Waals surface area (Å²) in [6.07, 6.45) is 1.56. The van der Waals surface area contributed by atoms with Crippen LogP contribution in [-0.4, -0.2) is 70.2 Å². The van der Waals surface area contributed by atoms with Crippen LogP contribution in [0.2, 0.25) is 0 Å². The third kappa shape index (κ3) is 7.56. The van der Waals surface area contributed by atoms with Crippen molar-refractivity contribution in [2.75, 3.05) is 63.5 Å². The first-order valence-corrected chi connectivity index (χ1v) is 11.0. The molecule has 172 valence electrons. The van der Waals surface area contributed by atoms with Crippen LogP contribution in [-0.2, 0) is 4.74 Å². The van der Waals surface area contributed by atoms with Crippen molar-refractivity contribution in [2.24, 2.45) is 0 Å². The molecule has 2 aromatic carbocycles. The SMILES string of the molecule is [B]c1cnc(Nc2ccc(NCCN(C)C)cc2OCCOC)nc1Nc1ccccc1S. The third-order valence-electron chi connectivity index (χ3n) is 4.64. The molecular formula is C23H29BN6O2S. The van der Waals surface area contributed by atoms with E-state index in [1.807, 2.05) is 56.6 Å². The number of ether oxygens (including phenoxy) is 2. The number of hydrogen-bond acceptors (Lipinski definition) is 9. The van der Waals surface area contributed by atoms with E-state index in [0.717, 1.165) is 35.0 Å². The Morgan fingerprint density at radius 1 is 1.06 bits per heavy atom. The molecule has 0 saturated carbocycles. The topological polar surface area (TPSA) is 83.6 Å². The Labute approximate surface area is 201 Å². The Bertz CT molecular complexity index is 1050. The Morgan fingerprint density at radius 2 is 1.88 bits per heavy atom. The van der Waals surface area contributed by atoms with Gasteiger partial charge in [0.05, 0.1) is 18.0 Å². The van der Waals surface area contributed by atoms with Crippen molar-refractivity contribution in [3.05, 3.63) is 48.7 Å². The molecule has 0 bridgehead atoms. The van der Waals surface area contributed by atoms with Gasteiger partial charge < -0.3 is 30.3 Å². The molecule has 0 atom stereocenters. The number of hydrogen-bond donors (Lipinski definition) is 4. The highest BCUT2D eigenvalue weighted by atomic mass is 32.1. The lowest BCUT2D eigenvalue weighted by atomic mass is 9.99. The van der Waals surface area contributed by atoms with Gasteiger partial charge in [0.25, 0.3) is 0 Å². The van der Waals surface area contributed by atoms with Gasteiger partial charge in [-0.1, -0.05) is 12.1 Å². The highest BCUT2D eigenvalue weighted by Gasteiger charge is 2.10. The van der Waals surface area contributed by atoms with E-state index >= 15 is 0 Å². The number of likely N-dealkylation sites (N-methyl/N-ethyl adjacent to an activating group) is 1. The van der Waals surface area contributed by atoms with Gasteiger partial charge >= 0.3 is 0 Å². The van der Waals surface area contributed by atoms with Crippen molar-refractivity contribution in [1.82, 2.24) is 14.9 Å². The number of methoxy groups -OCH3 is 1. The number of nitrogens with one attached hydrogen (secondary N) is 3. The second kappa shape index (κ2) is 12.3. The zero-order valence-corrected chi connectivity index (χ0v) is 20.0. The van der Waals surface area contributed by atoms with Crippen LogP contribution in [0.1, 0.15) is 0 Å². The van der Waals surface area contributed by atoms with Crippen molar-refractivity contribution in [3.63, 3.8) is 0 Å². The van der Waals surface area contributed by atoms with Crippen molar-refractivity contribution in [1.29, 1.82) is 0 Å². The van der Waals surface area contributed by atoms with Gasteiger partial charge in [-0.2, -0.15) is 4.98 Å². The largest absolute Gasteiger partial charge is 0.489 e. The average molecular weight is 464 g/mol. The summed E-state index contributed by atoms with van der Waals surface area (Å²) in [7, 11) is 11.8. The van der Waals surface area contributed by atoms with E-state index in [1.165, 1.54) is 0 Å². The Balaban J connectivity index is 1.79. The fourth-order valence-corrected chi connectivity index (χ4v) is 3.11. The molecule has 33 heavy (non-hydrogen) atoms. The second-order valence-corrected chi connectivity index (χ2v) is 8.03. The van der Waals surface area contributed by atoms with Crippen LogP contribution in [0.4, 0.5) is 28.8 Å². The lowest BCUT2D eigenvalue weighted by Gasteiger charge is -2.17. The summed E-state index contributed by atoms with van der Waals surface area (Å²) >= 11 is 4.47. The fraction of sp³-hybridized carbons (Fsp3) is 0.304. The number of rotatable bonds is 12. The number of anilines is 5. The van der Waals surface area contributed by atoms with E-state index < -0.39 is 0 Å². The van der Waals surface area contributed by atoms with Crippen molar-refractivity contribution < 1.29 is 9.47 Å². The van der Waals surface area contributed by atoms with E-state index in [2.05, 4.69) is 43.4 Å². The highest BCUT2D eigenvalue weighted by molar-refractivity contribution is 7.80. The number of para-hydroxylation sites is 1. The summed E-state index contributed by atoms with van der Waals surface area (Å²) in [5.41, 5.74) is 2.92. The number of thiol groups is 1. The molecule has 10 heteroatoms. The van der Waals surface area contributed by atoms with Crippen LogP contribution in [0.25, 0.3) is 0 Å². The molecule has 0 fully saturated rings. The predicted molar refractivity (Wildman–Crippen MR) is 139 cm³/mol. The van der Waals surface area contributed by atoms with Gasteiger partial charge in [-0.15, -0.1) is 12.6 Å². The van der Waals surface area contributed by atoms with E-state index in [-0.39, 0.29) is 0 Å². The number of benzene rings is 2. The minimum atomic E-state index is 0.383. The Hall–Kier alpha value is -2.95. The van der Waals surface area contributed by atoms with Gasteiger partial charge in [-0.25, -0.2) is 4.98 Å². The number of aromatic nitrogens is 2. The molecule has 8 nitrogen and oxygen atoms in total. The van der Waals surface area contributed by atoms with Crippen LogP contribution in [0.5, 0.6) is 5.75 Å². The third-order valence-corrected chi connectivity index (χ3v) is 5.03. The molecule has 0 amide bonds. The number of nitrogens with zero attached hydrogens (tertiary/aromatic N) is 3.